The molecule has 1 saturated heterocycles. The van der Waals surface area contributed by atoms with E-state index in [9.17, 15) is 27.6 Å². The third kappa shape index (κ3) is 8.24. The van der Waals surface area contributed by atoms with E-state index in [4.69, 9.17) is 4.74 Å². The maximum atomic E-state index is 14.7. The quantitative estimate of drug-likeness (QED) is 0.258. The van der Waals surface area contributed by atoms with Crippen LogP contribution in [0.1, 0.15) is 74.8 Å². The molecule has 55 heavy (non-hydrogen) atoms. The summed E-state index contributed by atoms with van der Waals surface area (Å²) >= 11 is 0. The van der Waals surface area contributed by atoms with Gasteiger partial charge in [0.05, 0.1) is 10.8 Å². The molecule has 2 aliphatic heterocycles. The highest BCUT2D eigenvalue weighted by Gasteiger charge is 2.51. The monoisotopic (exact) mass is 773 g/mol. The van der Waals surface area contributed by atoms with Crippen molar-refractivity contribution in [3.05, 3.63) is 88.6 Å². The Kier molecular flexibility index (Phi) is 11.1. The first-order valence-electron chi connectivity index (χ1n) is 18.7. The smallest absolute Gasteiger partial charge is 0.410 e. The summed E-state index contributed by atoms with van der Waals surface area (Å²) in [5.74, 6) is -0.152. The zero-order valence-corrected chi connectivity index (χ0v) is 33.2. The highest BCUT2D eigenvalue weighted by Crippen LogP contribution is 2.47. The normalized spacial score (nSPS) is 19.0. The van der Waals surface area contributed by atoms with E-state index in [1.54, 1.807) is 38.9 Å². The summed E-state index contributed by atoms with van der Waals surface area (Å²) in [6, 6.07) is 16.9. The number of rotatable bonds is 11. The second-order valence-electron chi connectivity index (χ2n) is 15.8. The summed E-state index contributed by atoms with van der Waals surface area (Å²) in [7, 11) is -0.658. The molecular formula is C40H51N7O7S. The number of carbonyl (C=O) groups is 4. The Morgan fingerprint density at radius 3 is 2.31 bits per heavy atom. The molecule has 1 aromatic heterocycles. The first-order chi connectivity index (χ1) is 26.0. The molecule has 0 saturated carbocycles. The van der Waals surface area contributed by atoms with Gasteiger partial charge >= 0.3 is 6.09 Å². The van der Waals surface area contributed by atoms with E-state index in [-0.39, 0.29) is 44.5 Å². The minimum atomic E-state index is -3.67. The van der Waals surface area contributed by atoms with Crippen molar-refractivity contribution in [1.29, 1.82) is 0 Å². The molecule has 3 aliphatic rings. The van der Waals surface area contributed by atoms with Crippen LogP contribution in [0.3, 0.4) is 0 Å². The SMILES string of the molecule is CCC1(C(=O)N(CC(=O)Nc2ccc3c(c2)C[C@@]2(C3)C(=O)Nc3ncccc32)Cc2ccccc2CN(C)C(=O)OC(C)(C)C)CCN(S(=O)(=O)NC)CC1. The largest absolute Gasteiger partial charge is 0.444 e. The van der Waals surface area contributed by atoms with Gasteiger partial charge in [-0.05, 0) is 93.3 Å². The number of nitrogens with zero attached hydrogens (tertiary/aromatic N) is 4. The van der Waals surface area contributed by atoms with Crippen molar-refractivity contribution in [3.8, 4) is 0 Å². The van der Waals surface area contributed by atoms with Crippen LogP contribution < -0.4 is 15.4 Å². The lowest BCUT2D eigenvalue weighted by molar-refractivity contribution is -0.147. The van der Waals surface area contributed by atoms with Gasteiger partial charge in [0.15, 0.2) is 0 Å². The topological polar surface area (TPSA) is 170 Å². The lowest BCUT2D eigenvalue weighted by Crippen LogP contribution is -2.53. The number of hydrogen-bond acceptors (Lipinski definition) is 8. The van der Waals surface area contributed by atoms with Gasteiger partial charge in [-0.25, -0.2) is 14.5 Å². The fourth-order valence-electron chi connectivity index (χ4n) is 7.99. The van der Waals surface area contributed by atoms with E-state index >= 15 is 0 Å². The number of pyridine rings is 1. The summed E-state index contributed by atoms with van der Waals surface area (Å²) < 4.78 is 34.4. The van der Waals surface area contributed by atoms with Crippen LogP contribution in [0.25, 0.3) is 0 Å². The molecule has 15 heteroatoms. The maximum absolute atomic E-state index is 14.7. The van der Waals surface area contributed by atoms with Crippen molar-refractivity contribution in [3.63, 3.8) is 0 Å². The Morgan fingerprint density at radius 1 is 0.982 bits per heavy atom. The number of fused-ring (bicyclic) bond motifs is 3. The van der Waals surface area contributed by atoms with E-state index < -0.39 is 38.6 Å². The average Bonchev–Trinajstić information content (AvgIpc) is 3.66. The molecule has 1 atom stereocenters. The van der Waals surface area contributed by atoms with Crippen LogP contribution >= 0.6 is 0 Å². The predicted molar refractivity (Wildman–Crippen MR) is 208 cm³/mol. The van der Waals surface area contributed by atoms with Gasteiger partial charge in [0.2, 0.25) is 17.7 Å². The van der Waals surface area contributed by atoms with Gasteiger partial charge in [-0.3, -0.25) is 14.4 Å². The molecule has 3 N–H and O–H groups in total. The Labute approximate surface area is 323 Å². The molecule has 0 radical (unpaired) electrons. The standard InChI is InChI=1S/C40H51N7O7S/c1-7-39(16-19-47(20-17-39)55(52,53)41-5)36(50)46(25-29-12-9-8-11-28(29)24-45(6)37(51)54-38(2,3)4)26-33(48)43-31-15-14-27-22-40(23-30(27)21-31)32-13-10-18-42-34(32)44-35(40)49/h8-15,18,21,41H,7,16-17,19-20,22-26H2,1-6H3,(H,43,48)(H,42,44,49)/t40-/m1/s1. The molecular weight excluding hydrogens is 723 g/mol. The van der Waals surface area contributed by atoms with E-state index in [2.05, 4.69) is 20.3 Å². The number of anilines is 2. The second-order valence-corrected chi connectivity index (χ2v) is 17.7. The fraction of sp³-hybridized carbons (Fsp3) is 0.475. The number of carbonyl (C=O) groups excluding carboxylic acids is 4. The second kappa shape index (κ2) is 15.3. The first kappa shape index (κ1) is 39.8. The van der Waals surface area contributed by atoms with Crippen LogP contribution in [0.4, 0.5) is 16.3 Å². The van der Waals surface area contributed by atoms with Crippen LogP contribution in [0, 0.1) is 5.41 Å². The van der Waals surface area contributed by atoms with Crippen molar-refractivity contribution in [2.75, 3.05) is 44.4 Å². The van der Waals surface area contributed by atoms with E-state index in [1.807, 2.05) is 61.5 Å². The van der Waals surface area contributed by atoms with Gasteiger partial charge in [0.25, 0.3) is 10.2 Å². The molecule has 1 fully saturated rings. The molecule has 14 nitrogen and oxygen atoms in total. The van der Waals surface area contributed by atoms with Gasteiger partial charge in [-0.15, -0.1) is 0 Å². The Balaban J connectivity index is 1.24. The molecule has 294 valence electrons. The van der Waals surface area contributed by atoms with Crippen molar-refractivity contribution >= 4 is 45.5 Å². The number of benzene rings is 2. The van der Waals surface area contributed by atoms with Crippen LogP contribution in [0.15, 0.2) is 60.8 Å². The minimum Gasteiger partial charge on any atom is -0.444 e. The summed E-state index contributed by atoms with van der Waals surface area (Å²) in [6.45, 7) is 7.67. The number of ether oxygens (including phenoxy) is 1. The first-order valence-corrected chi connectivity index (χ1v) is 20.1. The van der Waals surface area contributed by atoms with Crippen LogP contribution in [-0.2, 0) is 60.7 Å². The molecule has 6 rings (SSSR count). The van der Waals surface area contributed by atoms with Crippen molar-refractivity contribution in [1.82, 2.24) is 23.8 Å². The Hall–Kier alpha value is -4.86. The van der Waals surface area contributed by atoms with Gasteiger partial charge in [0.1, 0.15) is 18.0 Å². The van der Waals surface area contributed by atoms with Crippen molar-refractivity contribution in [2.45, 2.75) is 83.9 Å². The Bertz CT molecular complexity index is 2090. The van der Waals surface area contributed by atoms with Gasteiger partial charge < -0.3 is 25.2 Å². The van der Waals surface area contributed by atoms with Crippen LogP contribution in [0.2, 0.25) is 0 Å². The molecule has 4 amide bonds. The zero-order valence-electron chi connectivity index (χ0n) is 32.4. The molecule has 1 aliphatic carbocycles. The van der Waals surface area contributed by atoms with Crippen molar-refractivity contribution < 1.29 is 32.3 Å². The lowest BCUT2D eigenvalue weighted by Gasteiger charge is -2.42. The molecule has 3 heterocycles. The summed E-state index contributed by atoms with van der Waals surface area (Å²) in [6.07, 6.45) is 3.21. The molecule has 0 unspecified atom stereocenters. The molecule has 3 aromatic rings. The molecule has 0 bridgehead atoms. The van der Waals surface area contributed by atoms with E-state index in [0.29, 0.717) is 43.6 Å². The Morgan fingerprint density at radius 2 is 1.65 bits per heavy atom. The maximum Gasteiger partial charge on any atom is 0.410 e. The fourth-order valence-corrected chi connectivity index (χ4v) is 8.91. The van der Waals surface area contributed by atoms with Gasteiger partial charge in [0, 0.05) is 57.7 Å². The average molecular weight is 774 g/mol. The van der Waals surface area contributed by atoms with E-state index in [0.717, 1.165) is 27.8 Å². The van der Waals surface area contributed by atoms with Gasteiger partial charge in [-0.2, -0.15) is 12.7 Å². The van der Waals surface area contributed by atoms with Gasteiger partial charge in [-0.1, -0.05) is 43.3 Å². The molecule has 1 spiro atoms. The number of hydrogen-bond donors (Lipinski definition) is 3. The summed E-state index contributed by atoms with van der Waals surface area (Å²) in [4.78, 5) is 62.1. The van der Waals surface area contributed by atoms with Crippen molar-refractivity contribution in [2.24, 2.45) is 5.41 Å². The number of piperidine rings is 1. The lowest BCUT2D eigenvalue weighted by atomic mass is 9.75. The molecule has 2 aromatic carbocycles. The number of aromatic nitrogens is 1. The van der Waals surface area contributed by atoms with Crippen LogP contribution in [-0.4, -0.2) is 90.7 Å². The zero-order chi connectivity index (χ0) is 39.8. The van der Waals surface area contributed by atoms with E-state index in [1.165, 1.54) is 16.3 Å². The number of amides is 4. The predicted octanol–water partition coefficient (Wildman–Crippen LogP) is 4.36. The number of nitrogens with one attached hydrogen (secondary N) is 3. The van der Waals surface area contributed by atoms with Crippen LogP contribution in [0.5, 0.6) is 0 Å². The third-order valence-electron chi connectivity index (χ3n) is 11.1. The minimum absolute atomic E-state index is 0.0835. The third-order valence-corrected chi connectivity index (χ3v) is 12.6. The summed E-state index contributed by atoms with van der Waals surface area (Å²) in [5, 5.41) is 5.91. The highest BCUT2D eigenvalue weighted by atomic mass is 32.2. The highest BCUT2D eigenvalue weighted by molar-refractivity contribution is 7.87. The summed E-state index contributed by atoms with van der Waals surface area (Å²) in [5.41, 5.74) is 2.62.